The van der Waals surface area contributed by atoms with Gasteiger partial charge in [0.05, 0.1) is 14.2 Å². The van der Waals surface area contributed by atoms with Crippen molar-refractivity contribution in [1.82, 2.24) is 4.98 Å². The number of halogens is 2. The maximum atomic E-state index is 12.4. The monoisotopic (exact) mass is 232 g/mol. The van der Waals surface area contributed by atoms with Crippen LogP contribution in [0.3, 0.4) is 0 Å². The summed E-state index contributed by atoms with van der Waals surface area (Å²) in [6.07, 6.45) is -2.79. The highest BCUT2D eigenvalue weighted by Gasteiger charge is 2.22. The minimum Gasteiger partial charge on any atom is -0.496 e. The van der Waals surface area contributed by atoms with Gasteiger partial charge in [-0.1, -0.05) is 0 Å². The lowest BCUT2D eigenvalue weighted by molar-refractivity contribution is 0.0597. The highest BCUT2D eigenvalue weighted by molar-refractivity contribution is 5.97. The van der Waals surface area contributed by atoms with Crippen LogP contribution in [-0.4, -0.2) is 25.2 Å². The summed E-state index contributed by atoms with van der Waals surface area (Å²) in [6, 6.07) is 0.952. The van der Waals surface area contributed by atoms with Crippen molar-refractivity contribution in [3.05, 3.63) is 17.3 Å². The summed E-state index contributed by atoms with van der Waals surface area (Å²) in [5.74, 6) is -1.22. The van der Waals surface area contributed by atoms with Crippen molar-refractivity contribution in [2.24, 2.45) is 0 Å². The number of methoxy groups -OCH3 is 2. The molecule has 1 aromatic rings. The number of aromatic nitrogens is 1. The Morgan fingerprint density at radius 1 is 1.50 bits per heavy atom. The largest absolute Gasteiger partial charge is 0.496 e. The average Bonchev–Trinajstić information content (AvgIpc) is 2.26. The molecule has 0 radical (unpaired) electrons. The molecule has 0 aromatic carbocycles. The van der Waals surface area contributed by atoms with E-state index in [9.17, 15) is 13.6 Å². The molecule has 1 aromatic heterocycles. The number of anilines is 1. The van der Waals surface area contributed by atoms with E-state index < -0.39 is 18.1 Å². The van der Waals surface area contributed by atoms with E-state index in [1.165, 1.54) is 7.11 Å². The van der Waals surface area contributed by atoms with Crippen molar-refractivity contribution < 1.29 is 23.0 Å². The molecule has 1 heterocycles. The normalized spacial score (nSPS) is 10.3. The number of alkyl halides is 2. The predicted molar refractivity (Wildman–Crippen MR) is 51.5 cm³/mol. The summed E-state index contributed by atoms with van der Waals surface area (Å²) < 4.78 is 34.0. The van der Waals surface area contributed by atoms with Crippen LogP contribution in [0.25, 0.3) is 0 Å². The van der Waals surface area contributed by atoms with E-state index in [0.29, 0.717) is 0 Å². The number of pyridine rings is 1. The smallest absolute Gasteiger partial charge is 0.345 e. The second-order valence-electron chi connectivity index (χ2n) is 2.80. The first kappa shape index (κ1) is 12.2. The lowest BCUT2D eigenvalue weighted by Gasteiger charge is -2.10. The molecule has 0 unspecified atom stereocenters. The quantitative estimate of drug-likeness (QED) is 0.797. The summed E-state index contributed by atoms with van der Waals surface area (Å²) in [5.41, 5.74) is 4.68. The molecule has 16 heavy (non-hydrogen) atoms. The number of nitrogen functional groups attached to an aromatic ring is 1. The Morgan fingerprint density at radius 3 is 2.56 bits per heavy atom. The average molecular weight is 232 g/mol. The molecular formula is C9H10F2N2O3. The zero-order valence-corrected chi connectivity index (χ0v) is 8.66. The van der Waals surface area contributed by atoms with Crippen LogP contribution >= 0.6 is 0 Å². The Bertz CT molecular complexity index is 410. The molecular weight excluding hydrogens is 222 g/mol. The summed E-state index contributed by atoms with van der Waals surface area (Å²) in [6.45, 7) is 0. The van der Waals surface area contributed by atoms with E-state index in [4.69, 9.17) is 10.5 Å². The van der Waals surface area contributed by atoms with Gasteiger partial charge in [-0.3, -0.25) is 0 Å². The Morgan fingerprint density at radius 2 is 2.12 bits per heavy atom. The number of hydrogen-bond donors (Lipinski definition) is 1. The third-order valence-corrected chi connectivity index (χ3v) is 1.86. The fourth-order valence-electron chi connectivity index (χ4n) is 1.14. The molecule has 0 amide bonds. The molecule has 0 aliphatic carbocycles. The van der Waals surface area contributed by atoms with E-state index in [-0.39, 0.29) is 17.1 Å². The van der Waals surface area contributed by atoms with Crippen LogP contribution in [0, 0.1) is 0 Å². The molecule has 5 nitrogen and oxygen atoms in total. The zero-order chi connectivity index (χ0) is 12.3. The number of nitrogens with zero attached hydrogens (tertiary/aromatic N) is 1. The first-order valence-corrected chi connectivity index (χ1v) is 4.22. The van der Waals surface area contributed by atoms with Crippen molar-refractivity contribution >= 4 is 11.8 Å². The maximum absolute atomic E-state index is 12.4. The van der Waals surface area contributed by atoms with E-state index >= 15 is 0 Å². The van der Waals surface area contributed by atoms with E-state index in [1.54, 1.807) is 0 Å². The third-order valence-electron chi connectivity index (χ3n) is 1.86. The Hall–Kier alpha value is -1.92. The number of hydrogen-bond acceptors (Lipinski definition) is 5. The number of rotatable bonds is 3. The van der Waals surface area contributed by atoms with Gasteiger partial charge in [0.1, 0.15) is 22.8 Å². The summed E-state index contributed by atoms with van der Waals surface area (Å²) in [4.78, 5) is 14.7. The second-order valence-corrected chi connectivity index (χ2v) is 2.80. The number of nitrogens with two attached hydrogens (primary N) is 1. The summed E-state index contributed by atoms with van der Waals surface area (Å²) in [5, 5.41) is 0. The van der Waals surface area contributed by atoms with Crippen molar-refractivity contribution in [3.8, 4) is 5.75 Å². The Balaban J connectivity index is 3.34. The van der Waals surface area contributed by atoms with Crippen LogP contribution < -0.4 is 10.5 Å². The standard InChI is InChI=1S/C9H10F2N2O3/c1-15-5-3-4(7(10)11)13-8(12)6(5)9(14)16-2/h3,7H,1-2H3,(H2,12,13). The zero-order valence-electron chi connectivity index (χ0n) is 8.66. The minimum absolute atomic E-state index is 0.0883. The van der Waals surface area contributed by atoms with Gasteiger partial charge in [-0.25, -0.2) is 18.6 Å². The third kappa shape index (κ3) is 2.18. The fourth-order valence-corrected chi connectivity index (χ4v) is 1.14. The van der Waals surface area contributed by atoms with Gasteiger partial charge in [-0.05, 0) is 0 Å². The molecule has 88 valence electrons. The first-order chi connectivity index (χ1) is 7.51. The highest BCUT2D eigenvalue weighted by Crippen LogP contribution is 2.29. The summed E-state index contributed by atoms with van der Waals surface area (Å²) >= 11 is 0. The van der Waals surface area contributed by atoms with Crippen LogP contribution in [0.1, 0.15) is 22.5 Å². The van der Waals surface area contributed by atoms with Crippen molar-refractivity contribution in [3.63, 3.8) is 0 Å². The summed E-state index contributed by atoms with van der Waals surface area (Å²) in [7, 11) is 2.37. The van der Waals surface area contributed by atoms with Crippen LogP contribution in [0.5, 0.6) is 5.75 Å². The first-order valence-electron chi connectivity index (χ1n) is 4.22. The lowest BCUT2D eigenvalue weighted by Crippen LogP contribution is -2.11. The minimum atomic E-state index is -2.79. The van der Waals surface area contributed by atoms with Crippen LogP contribution in [0.2, 0.25) is 0 Å². The number of ether oxygens (including phenoxy) is 2. The molecule has 0 aliphatic heterocycles. The highest BCUT2D eigenvalue weighted by atomic mass is 19.3. The molecule has 0 spiro atoms. The topological polar surface area (TPSA) is 74.4 Å². The van der Waals surface area contributed by atoms with Crippen molar-refractivity contribution in [2.45, 2.75) is 6.43 Å². The molecule has 0 saturated carbocycles. The molecule has 1 rings (SSSR count). The van der Waals surface area contributed by atoms with Crippen LogP contribution in [0.4, 0.5) is 14.6 Å². The molecule has 0 bridgehead atoms. The number of esters is 1. The maximum Gasteiger partial charge on any atom is 0.345 e. The van der Waals surface area contributed by atoms with Gasteiger partial charge in [-0.2, -0.15) is 0 Å². The van der Waals surface area contributed by atoms with Gasteiger partial charge in [0.25, 0.3) is 6.43 Å². The fraction of sp³-hybridized carbons (Fsp3) is 0.333. The van der Waals surface area contributed by atoms with Gasteiger partial charge < -0.3 is 15.2 Å². The van der Waals surface area contributed by atoms with Crippen molar-refractivity contribution in [2.75, 3.05) is 20.0 Å². The number of carbonyl (C=O) groups is 1. The molecule has 2 N–H and O–H groups in total. The second kappa shape index (κ2) is 4.73. The predicted octanol–water partition coefficient (Wildman–Crippen LogP) is 1.40. The van der Waals surface area contributed by atoms with Crippen LogP contribution in [-0.2, 0) is 4.74 Å². The van der Waals surface area contributed by atoms with Gasteiger partial charge in [0.15, 0.2) is 0 Å². The molecule has 0 atom stereocenters. The van der Waals surface area contributed by atoms with Crippen molar-refractivity contribution in [1.29, 1.82) is 0 Å². The van der Waals surface area contributed by atoms with E-state index in [2.05, 4.69) is 9.72 Å². The molecule has 0 fully saturated rings. The van der Waals surface area contributed by atoms with Gasteiger partial charge in [0, 0.05) is 6.07 Å². The van der Waals surface area contributed by atoms with Gasteiger partial charge in [-0.15, -0.1) is 0 Å². The number of carbonyl (C=O) groups excluding carboxylic acids is 1. The van der Waals surface area contributed by atoms with E-state index in [1.807, 2.05) is 0 Å². The van der Waals surface area contributed by atoms with Crippen LogP contribution in [0.15, 0.2) is 6.07 Å². The lowest BCUT2D eigenvalue weighted by atomic mass is 10.2. The SMILES string of the molecule is COC(=O)c1c(OC)cc(C(F)F)nc1N. The van der Waals surface area contributed by atoms with Gasteiger partial charge in [0.2, 0.25) is 0 Å². The molecule has 0 saturated heterocycles. The molecule has 7 heteroatoms. The molecule has 0 aliphatic rings. The van der Waals surface area contributed by atoms with E-state index in [0.717, 1.165) is 13.2 Å². The Labute approximate surface area is 90.2 Å². The Kier molecular flexibility index (Phi) is 3.60. The van der Waals surface area contributed by atoms with Gasteiger partial charge >= 0.3 is 5.97 Å².